The van der Waals surface area contributed by atoms with E-state index in [2.05, 4.69) is 0 Å². The predicted molar refractivity (Wildman–Crippen MR) is 79.6 cm³/mol. The lowest BCUT2D eigenvalue weighted by atomic mass is 9.93. The molecule has 0 saturated heterocycles. The molecule has 0 spiro atoms. The quantitative estimate of drug-likeness (QED) is 0.369. The van der Waals surface area contributed by atoms with E-state index in [1.54, 1.807) is 0 Å². The van der Waals surface area contributed by atoms with Gasteiger partial charge in [-0.05, 0) is 47.5 Å². The second-order valence-electron chi connectivity index (χ2n) is 4.41. The number of hydrogen-bond acceptors (Lipinski definition) is 2. The van der Waals surface area contributed by atoms with Crippen LogP contribution in [0.3, 0.4) is 0 Å². The third-order valence-electron chi connectivity index (χ3n) is 3.00. The van der Waals surface area contributed by atoms with E-state index in [0.29, 0.717) is 23.0 Å². The van der Waals surface area contributed by atoms with Crippen LogP contribution in [-0.4, -0.2) is 6.29 Å². The molecule has 2 aromatic rings. The van der Waals surface area contributed by atoms with Crippen LogP contribution in [0.4, 0.5) is 8.78 Å². The Morgan fingerprint density at radius 2 is 1.36 bits per heavy atom. The van der Waals surface area contributed by atoms with E-state index in [4.69, 9.17) is 0 Å². The topological polar surface area (TPSA) is 40.9 Å². The number of aldehydes is 1. The zero-order valence-corrected chi connectivity index (χ0v) is 11.5. The third kappa shape index (κ3) is 3.53. The van der Waals surface area contributed by atoms with E-state index in [0.717, 1.165) is 0 Å². The number of benzene rings is 2. The molecule has 0 heterocycles. The second-order valence-corrected chi connectivity index (χ2v) is 4.41. The van der Waals surface area contributed by atoms with Crippen molar-refractivity contribution in [3.63, 3.8) is 0 Å². The van der Waals surface area contributed by atoms with E-state index < -0.39 is 11.6 Å². The first-order valence-electron chi connectivity index (χ1n) is 6.44. The summed E-state index contributed by atoms with van der Waals surface area (Å²) >= 11 is 0. The Morgan fingerprint density at radius 3 is 1.73 bits per heavy atom. The summed E-state index contributed by atoms with van der Waals surface area (Å²) in [4.78, 5) is 10.5. The molecule has 0 atom stereocenters. The van der Waals surface area contributed by atoms with E-state index in [-0.39, 0.29) is 5.57 Å². The number of halogens is 2. The summed E-state index contributed by atoms with van der Waals surface area (Å²) < 4.78 is 26.2. The van der Waals surface area contributed by atoms with Crippen LogP contribution in [0.5, 0.6) is 0 Å². The Hall–Kier alpha value is -3.06. The molecule has 2 rings (SSSR count). The van der Waals surface area contributed by atoms with Gasteiger partial charge in [0.05, 0.1) is 11.6 Å². The Bertz CT molecular complexity index is 719. The van der Waals surface area contributed by atoms with Crippen molar-refractivity contribution in [1.29, 1.82) is 5.26 Å². The summed E-state index contributed by atoms with van der Waals surface area (Å²) in [7, 11) is 0. The number of nitriles is 1. The van der Waals surface area contributed by atoms with Gasteiger partial charge in [-0.1, -0.05) is 24.3 Å². The van der Waals surface area contributed by atoms with Gasteiger partial charge in [-0.15, -0.1) is 0 Å². The summed E-state index contributed by atoms with van der Waals surface area (Å²) in [5.41, 5.74) is 1.92. The lowest BCUT2D eigenvalue weighted by molar-refractivity contribution is -0.104. The molecule has 0 bridgehead atoms. The molecule has 0 amide bonds. The molecule has 108 valence electrons. The van der Waals surface area contributed by atoms with Crippen LogP contribution in [0.2, 0.25) is 0 Å². The molecule has 0 N–H and O–H groups in total. The normalized spacial score (nSPS) is 10.2. The summed E-state index contributed by atoms with van der Waals surface area (Å²) in [5.74, 6) is -0.798. The highest BCUT2D eigenvalue weighted by molar-refractivity contribution is 5.86. The minimum absolute atomic E-state index is 0.227. The van der Waals surface area contributed by atoms with Crippen LogP contribution in [0.1, 0.15) is 11.1 Å². The number of rotatable bonds is 4. The van der Waals surface area contributed by atoms with Crippen LogP contribution >= 0.6 is 0 Å². The molecule has 0 aromatic heterocycles. The molecule has 4 heteroatoms. The molecular weight excluding hydrogens is 284 g/mol. The highest BCUT2D eigenvalue weighted by atomic mass is 19.1. The van der Waals surface area contributed by atoms with Crippen molar-refractivity contribution in [2.45, 2.75) is 0 Å². The van der Waals surface area contributed by atoms with Crippen LogP contribution in [-0.2, 0) is 4.79 Å². The molecular formula is C18H11F2NO. The molecule has 0 aliphatic rings. The molecule has 2 nitrogen and oxygen atoms in total. The predicted octanol–water partition coefficient (Wildman–Crippen LogP) is 4.05. The van der Waals surface area contributed by atoms with E-state index in [9.17, 15) is 18.8 Å². The van der Waals surface area contributed by atoms with Gasteiger partial charge in [0.2, 0.25) is 0 Å². The van der Waals surface area contributed by atoms with Gasteiger partial charge in [-0.2, -0.15) is 5.26 Å². The van der Waals surface area contributed by atoms with Gasteiger partial charge < -0.3 is 0 Å². The highest BCUT2D eigenvalue weighted by Gasteiger charge is 2.11. The fourth-order valence-electron chi connectivity index (χ4n) is 2.02. The van der Waals surface area contributed by atoms with Gasteiger partial charge in [-0.3, -0.25) is 4.79 Å². The summed E-state index contributed by atoms with van der Waals surface area (Å²) in [6.45, 7) is 0. The van der Waals surface area contributed by atoms with Gasteiger partial charge in [0.25, 0.3) is 0 Å². The number of nitrogens with zero attached hydrogens (tertiary/aromatic N) is 1. The van der Waals surface area contributed by atoms with Gasteiger partial charge >= 0.3 is 0 Å². The highest BCUT2D eigenvalue weighted by Crippen LogP contribution is 2.28. The largest absolute Gasteiger partial charge is 0.299 e. The van der Waals surface area contributed by atoms with Crippen molar-refractivity contribution in [2.24, 2.45) is 0 Å². The zero-order valence-electron chi connectivity index (χ0n) is 11.5. The third-order valence-corrected chi connectivity index (χ3v) is 3.00. The molecule has 0 saturated carbocycles. The SMILES string of the molecule is N#CC(/C=C/C=O)=C(c1ccc(F)cc1)c1ccc(F)cc1. The number of carbonyl (C=O) groups excluding carboxylic acids is 1. The summed E-state index contributed by atoms with van der Waals surface area (Å²) in [6, 6.07) is 13.2. The number of allylic oxidation sites excluding steroid dienone is 3. The lowest BCUT2D eigenvalue weighted by Crippen LogP contribution is -1.93. The van der Waals surface area contributed by atoms with Gasteiger partial charge in [-0.25, -0.2) is 8.78 Å². The van der Waals surface area contributed by atoms with Gasteiger partial charge in [0.15, 0.2) is 0 Å². The average molecular weight is 295 g/mol. The second kappa shape index (κ2) is 7.09. The smallest absolute Gasteiger partial charge is 0.142 e. The maximum absolute atomic E-state index is 13.1. The van der Waals surface area contributed by atoms with E-state index in [1.807, 2.05) is 6.07 Å². The van der Waals surface area contributed by atoms with Gasteiger partial charge in [0, 0.05) is 5.57 Å². The minimum Gasteiger partial charge on any atom is -0.299 e. The van der Waals surface area contributed by atoms with Crippen molar-refractivity contribution in [1.82, 2.24) is 0 Å². The first kappa shape index (κ1) is 15.3. The minimum atomic E-state index is -0.399. The Labute approximate surface area is 126 Å². The molecule has 0 fully saturated rings. The molecule has 0 unspecified atom stereocenters. The fraction of sp³-hybridized carbons (Fsp3) is 0. The number of hydrogen-bond donors (Lipinski definition) is 0. The average Bonchev–Trinajstić information content (AvgIpc) is 2.54. The van der Waals surface area contributed by atoms with Crippen molar-refractivity contribution in [3.05, 3.63) is 89.0 Å². The molecule has 0 radical (unpaired) electrons. The molecule has 2 aromatic carbocycles. The van der Waals surface area contributed by atoms with Crippen molar-refractivity contribution >= 4 is 11.9 Å². The van der Waals surface area contributed by atoms with E-state index >= 15 is 0 Å². The van der Waals surface area contributed by atoms with Crippen LogP contribution in [0, 0.1) is 23.0 Å². The van der Waals surface area contributed by atoms with Crippen molar-refractivity contribution in [3.8, 4) is 6.07 Å². The number of carbonyl (C=O) groups is 1. The van der Waals surface area contributed by atoms with Crippen LogP contribution in [0.25, 0.3) is 5.57 Å². The molecule has 22 heavy (non-hydrogen) atoms. The first-order chi connectivity index (χ1) is 10.7. The summed E-state index contributed by atoms with van der Waals surface area (Å²) in [5, 5.41) is 9.33. The van der Waals surface area contributed by atoms with E-state index in [1.165, 1.54) is 60.7 Å². The van der Waals surface area contributed by atoms with Crippen LogP contribution < -0.4 is 0 Å². The Kier molecular flexibility index (Phi) is 4.94. The Balaban J connectivity index is 2.68. The van der Waals surface area contributed by atoms with Gasteiger partial charge in [0.1, 0.15) is 17.9 Å². The monoisotopic (exact) mass is 295 g/mol. The zero-order chi connectivity index (χ0) is 15.9. The maximum atomic E-state index is 13.1. The first-order valence-corrected chi connectivity index (χ1v) is 6.44. The summed E-state index contributed by atoms with van der Waals surface area (Å²) in [6.07, 6.45) is 3.13. The standard InChI is InChI=1S/C18H11F2NO/c19-16-7-3-13(4-8-16)18(15(12-21)2-1-11-22)14-5-9-17(20)10-6-14/h1-11H/b2-1+. The lowest BCUT2D eigenvalue weighted by Gasteiger charge is -2.10. The fourth-order valence-corrected chi connectivity index (χ4v) is 2.02. The Morgan fingerprint density at radius 1 is 0.909 bits per heavy atom. The maximum Gasteiger partial charge on any atom is 0.142 e. The van der Waals surface area contributed by atoms with Crippen molar-refractivity contribution < 1.29 is 13.6 Å². The molecule has 0 aliphatic heterocycles. The molecule has 0 aliphatic carbocycles. The van der Waals surface area contributed by atoms with Crippen molar-refractivity contribution in [2.75, 3.05) is 0 Å². The van der Waals surface area contributed by atoms with Crippen LogP contribution in [0.15, 0.2) is 66.3 Å².